The van der Waals surface area contributed by atoms with Gasteiger partial charge < -0.3 is 20.5 Å². The SMILES string of the molecule is CC(NC(=O)Nc1ccc(C(=O)O)cc1)C1CCCO1. The highest BCUT2D eigenvalue weighted by molar-refractivity contribution is 5.91. The van der Waals surface area contributed by atoms with Gasteiger partial charge in [0.25, 0.3) is 0 Å². The minimum Gasteiger partial charge on any atom is -0.478 e. The van der Waals surface area contributed by atoms with Crippen molar-refractivity contribution in [3.8, 4) is 0 Å². The number of urea groups is 1. The molecule has 108 valence electrons. The van der Waals surface area contributed by atoms with Crippen LogP contribution in [0, 0.1) is 0 Å². The van der Waals surface area contributed by atoms with Crippen molar-refractivity contribution in [2.75, 3.05) is 11.9 Å². The number of carbonyl (C=O) groups excluding carboxylic acids is 1. The molecule has 2 rings (SSSR count). The third kappa shape index (κ3) is 3.71. The van der Waals surface area contributed by atoms with Gasteiger partial charge in [-0.3, -0.25) is 0 Å². The van der Waals surface area contributed by atoms with Gasteiger partial charge in [0.2, 0.25) is 0 Å². The number of carboxylic acid groups (broad SMARTS) is 1. The molecule has 1 fully saturated rings. The van der Waals surface area contributed by atoms with Gasteiger partial charge in [-0.25, -0.2) is 9.59 Å². The number of carboxylic acids is 1. The first-order valence-electron chi connectivity index (χ1n) is 6.59. The van der Waals surface area contributed by atoms with E-state index in [2.05, 4.69) is 10.6 Å². The molecule has 1 aliphatic heterocycles. The maximum Gasteiger partial charge on any atom is 0.335 e. The molecule has 20 heavy (non-hydrogen) atoms. The van der Waals surface area contributed by atoms with Crippen molar-refractivity contribution in [1.29, 1.82) is 0 Å². The molecule has 2 unspecified atom stereocenters. The normalized spacial score (nSPS) is 19.4. The minimum absolute atomic E-state index is 0.0595. The fraction of sp³-hybridized carbons (Fsp3) is 0.429. The fourth-order valence-corrected chi connectivity index (χ4v) is 2.16. The molecule has 2 amide bonds. The molecule has 6 heteroatoms. The van der Waals surface area contributed by atoms with Crippen molar-refractivity contribution in [3.63, 3.8) is 0 Å². The number of hydrogen-bond acceptors (Lipinski definition) is 3. The monoisotopic (exact) mass is 278 g/mol. The average Bonchev–Trinajstić information content (AvgIpc) is 2.93. The molecule has 1 saturated heterocycles. The number of benzene rings is 1. The van der Waals surface area contributed by atoms with Crippen LogP contribution in [0.4, 0.5) is 10.5 Å². The molecule has 3 N–H and O–H groups in total. The van der Waals surface area contributed by atoms with Gasteiger partial charge in [-0.2, -0.15) is 0 Å². The van der Waals surface area contributed by atoms with Crippen LogP contribution < -0.4 is 10.6 Å². The van der Waals surface area contributed by atoms with Gasteiger partial charge in [0.05, 0.1) is 17.7 Å². The Bertz CT molecular complexity index is 480. The van der Waals surface area contributed by atoms with Gasteiger partial charge >= 0.3 is 12.0 Å². The summed E-state index contributed by atoms with van der Waals surface area (Å²) in [5.41, 5.74) is 0.732. The molecule has 2 atom stereocenters. The molecule has 1 aromatic rings. The average molecular weight is 278 g/mol. The number of amides is 2. The summed E-state index contributed by atoms with van der Waals surface area (Å²) in [6.07, 6.45) is 2.04. The number of aromatic carboxylic acids is 1. The Morgan fingerprint density at radius 3 is 2.60 bits per heavy atom. The van der Waals surface area contributed by atoms with E-state index in [0.717, 1.165) is 19.4 Å². The van der Waals surface area contributed by atoms with Crippen LogP contribution in [0.25, 0.3) is 0 Å². The Labute approximate surface area is 117 Å². The number of anilines is 1. The van der Waals surface area contributed by atoms with Gasteiger partial charge in [-0.15, -0.1) is 0 Å². The molecule has 1 aliphatic rings. The second-order valence-corrected chi connectivity index (χ2v) is 4.82. The maximum atomic E-state index is 11.8. The molecular weight excluding hydrogens is 260 g/mol. The van der Waals surface area contributed by atoms with Crippen LogP contribution in [-0.2, 0) is 4.74 Å². The molecule has 1 heterocycles. The fourth-order valence-electron chi connectivity index (χ4n) is 2.16. The zero-order valence-electron chi connectivity index (χ0n) is 11.3. The summed E-state index contributed by atoms with van der Waals surface area (Å²) in [5.74, 6) is -0.993. The van der Waals surface area contributed by atoms with E-state index in [4.69, 9.17) is 9.84 Å². The molecule has 0 spiro atoms. The Hall–Kier alpha value is -2.08. The topological polar surface area (TPSA) is 87.7 Å². The molecule has 6 nitrogen and oxygen atoms in total. The van der Waals surface area contributed by atoms with E-state index < -0.39 is 5.97 Å². The van der Waals surface area contributed by atoms with Gasteiger partial charge in [-0.1, -0.05) is 0 Å². The predicted molar refractivity (Wildman–Crippen MR) is 74.0 cm³/mol. The highest BCUT2D eigenvalue weighted by Crippen LogP contribution is 2.15. The summed E-state index contributed by atoms with van der Waals surface area (Å²) in [5, 5.41) is 14.3. The van der Waals surface area contributed by atoms with Crippen molar-refractivity contribution in [2.24, 2.45) is 0 Å². The van der Waals surface area contributed by atoms with E-state index in [1.807, 2.05) is 6.92 Å². The van der Waals surface area contributed by atoms with Crippen LogP contribution in [-0.4, -0.2) is 35.9 Å². The number of nitrogens with one attached hydrogen (secondary N) is 2. The highest BCUT2D eigenvalue weighted by atomic mass is 16.5. The van der Waals surface area contributed by atoms with E-state index in [9.17, 15) is 9.59 Å². The molecule has 0 bridgehead atoms. The second kappa shape index (κ2) is 6.38. The minimum atomic E-state index is -0.993. The first-order chi connectivity index (χ1) is 9.56. The Morgan fingerprint density at radius 1 is 1.35 bits per heavy atom. The molecular formula is C14H18N2O4. The van der Waals surface area contributed by atoms with Gasteiger partial charge in [-0.05, 0) is 44.0 Å². The van der Waals surface area contributed by atoms with Crippen LogP contribution in [0.5, 0.6) is 0 Å². The quantitative estimate of drug-likeness (QED) is 0.786. The number of hydrogen-bond donors (Lipinski definition) is 3. The first kappa shape index (κ1) is 14.3. The standard InChI is InChI=1S/C14H18N2O4/c1-9(12-3-2-8-20-12)15-14(19)16-11-6-4-10(5-7-11)13(17)18/h4-7,9,12H,2-3,8H2,1H3,(H,17,18)(H2,15,16,19). The zero-order valence-corrected chi connectivity index (χ0v) is 11.3. The van der Waals surface area contributed by atoms with Crippen LogP contribution >= 0.6 is 0 Å². The Morgan fingerprint density at radius 2 is 2.05 bits per heavy atom. The van der Waals surface area contributed by atoms with E-state index in [1.165, 1.54) is 12.1 Å². The molecule has 0 radical (unpaired) electrons. The molecule has 0 aromatic heterocycles. The maximum absolute atomic E-state index is 11.8. The predicted octanol–water partition coefficient (Wildman–Crippen LogP) is 2.07. The summed E-state index contributed by atoms with van der Waals surface area (Å²) in [6, 6.07) is 5.62. The summed E-state index contributed by atoms with van der Waals surface area (Å²) < 4.78 is 5.50. The molecule has 0 saturated carbocycles. The van der Waals surface area contributed by atoms with E-state index >= 15 is 0 Å². The third-order valence-corrected chi connectivity index (χ3v) is 3.27. The van der Waals surface area contributed by atoms with Crippen LogP contribution in [0.15, 0.2) is 24.3 Å². The molecule has 1 aromatic carbocycles. The second-order valence-electron chi connectivity index (χ2n) is 4.82. The van der Waals surface area contributed by atoms with E-state index in [1.54, 1.807) is 12.1 Å². The van der Waals surface area contributed by atoms with Crippen LogP contribution in [0.2, 0.25) is 0 Å². The number of carbonyl (C=O) groups is 2. The number of ether oxygens (including phenoxy) is 1. The van der Waals surface area contributed by atoms with Crippen molar-refractivity contribution in [3.05, 3.63) is 29.8 Å². The lowest BCUT2D eigenvalue weighted by atomic mass is 10.1. The van der Waals surface area contributed by atoms with Gasteiger partial charge in [0.1, 0.15) is 0 Å². The lowest BCUT2D eigenvalue weighted by Gasteiger charge is -2.20. The smallest absolute Gasteiger partial charge is 0.335 e. The lowest BCUT2D eigenvalue weighted by molar-refractivity contribution is 0.0697. The first-order valence-corrected chi connectivity index (χ1v) is 6.59. The van der Waals surface area contributed by atoms with E-state index in [0.29, 0.717) is 5.69 Å². The number of rotatable bonds is 4. The van der Waals surface area contributed by atoms with Gasteiger partial charge in [0, 0.05) is 12.3 Å². The summed E-state index contributed by atoms with van der Waals surface area (Å²) in [4.78, 5) is 22.5. The summed E-state index contributed by atoms with van der Waals surface area (Å²) in [7, 11) is 0. The Balaban J connectivity index is 1.85. The van der Waals surface area contributed by atoms with Crippen LogP contribution in [0.3, 0.4) is 0 Å². The highest BCUT2D eigenvalue weighted by Gasteiger charge is 2.23. The summed E-state index contributed by atoms with van der Waals surface area (Å²) in [6.45, 7) is 2.65. The Kier molecular flexibility index (Phi) is 4.57. The van der Waals surface area contributed by atoms with E-state index in [-0.39, 0.29) is 23.7 Å². The largest absolute Gasteiger partial charge is 0.478 e. The van der Waals surface area contributed by atoms with Crippen molar-refractivity contribution in [2.45, 2.75) is 31.9 Å². The zero-order chi connectivity index (χ0) is 14.5. The van der Waals surface area contributed by atoms with Crippen molar-refractivity contribution < 1.29 is 19.4 Å². The van der Waals surface area contributed by atoms with Crippen molar-refractivity contribution in [1.82, 2.24) is 5.32 Å². The van der Waals surface area contributed by atoms with Gasteiger partial charge in [0.15, 0.2) is 0 Å². The molecule has 0 aliphatic carbocycles. The third-order valence-electron chi connectivity index (χ3n) is 3.27. The summed E-state index contributed by atoms with van der Waals surface area (Å²) >= 11 is 0. The lowest BCUT2D eigenvalue weighted by Crippen LogP contribution is -2.42. The van der Waals surface area contributed by atoms with Crippen LogP contribution in [0.1, 0.15) is 30.1 Å². The van der Waals surface area contributed by atoms with Crippen molar-refractivity contribution >= 4 is 17.7 Å².